The number of carbonyl (C=O) groups excluding carboxylic acids is 2. The second-order valence-electron chi connectivity index (χ2n) is 4.88. The summed E-state index contributed by atoms with van der Waals surface area (Å²) in [4.78, 5) is 25.7. The van der Waals surface area contributed by atoms with Crippen LogP contribution in [0.25, 0.3) is 0 Å². The van der Waals surface area contributed by atoms with Gasteiger partial charge in [0.1, 0.15) is 5.54 Å². The molecule has 1 heterocycles. The molecule has 1 N–H and O–H groups in total. The van der Waals surface area contributed by atoms with Crippen LogP contribution < -0.4 is 5.32 Å². The van der Waals surface area contributed by atoms with Crippen LogP contribution >= 0.6 is 11.8 Å². The minimum atomic E-state index is -0.564. The molecule has 0 aromatic heterocycles. The average Bonchev–Trinajstić information content (AvgIpc) is 2.50. The first kappa shape index (κ1) is 12.7. The summed E-state index contributed by atoms with van der Waals surface area (Å²) in [6.07, 6.45) is 8.05. The highest BCUT2D eigenvalue weighted by molar-refractivity contribution is 7.98. The smallest absolute Gasteiger partial charge is 0.323 e. The molecule has 2 fully saturated rings. The number of hydrogen-bond donors (Lipinski definition) is 1. The first-order chi connectivity index (χ1) is 8.19. The maximum absolute atomic E-state index is 12.4. The molecule has 5 heteroatoms. The van der Waals surface area contributed by atoms with Crippen molar-refractivity contribution < 1.29 is 9.59 Å². The van der Waals surface area contributed by atoms with E-state index in [1.54, 1.807) is 11.8 Å². The van der Waals surface area contributed by atoms with Crippen molar-refractivity contribution >= 4 is 23.7 Å². The van der Waals surface area contributed by atoms with Crippen LogP contribution in [0.1, 0.15) is 38.5 Å². The molecule has 1 saturated heterocycles. The number of carbonyl (C=O) groups is 2. The third-order valence-corrected chi connectivity index (χ3v) is 4.31. The van der Waals surface area contributed by atoms with E-state index >= 15 is 0 Å². The van der Waals surface area contributed by atoms with Crippen LogP contribution in [0.5, 0.6) is 0 Å². The van der Waals surface area contributed by atoms with Crippen LogP contribution in [0.3, 0.4) is 0 Å². The molecule has 0 bridgehead atoms. The highest BCUT2D eigenvalue weighted by Crippen LogP contribution is 2.32. The molecule has 96 valence electrons. The Balaban J connectivity index is 2.10. The number of hydrogen-bond acceptors (Lipinski definition) is 3. The largest absolute Gasteiger partial charge is 0.325 e. The molecule has 0 radical (unpaired) electrons. The van der Waals surface area contributed by atoms with Gasteiger partial charge in [0, 0.05) is 12.3 Å². The normalized spacial score (nSPS) is 23.9. The number of nitrogens with one attached hydrogen (secondary N) is 1. The number of urea groups is 1. The van der Waals surface area contributed by atoms with E-state index in [4.69, 9.17) is 0 Å². The zero-order valence-electron chi connectivity index (χ0n) is 10.3. The van der Waals surface area contributed by atoms with E-state index in [-0.39, 0.29) is 11.9 Å². The molecular formula is C12H20N2O2S. The minimum Gasteiger partial charge on any atom is -0.323 e. The second kappa shape index (κ2) is 5.29. The SMILES string of the molecule is CSCCN1C(=O)NC2(CCCCCC2)C1=O. The average molecular weight is 256 g/mol. The predicted octanol–water partition coefficient (Wildman–Crippen LogP) is 1.99. The number of thioether (sulfide) groups is 1. The Hall–Kier alpha value is -0.710. The second-order valence-corrected chi connectivity index (χ2v) is 5.86. The van der Waals surface area contributed by atoms with Gasteiger partial charge in [0.2, 0.25) is 0 Å². The molecule has 0 atom stereocenters. The summed E-state index contributed by atoms with van der Waals surface area (Å²) in [7, 11) is 0. The minimum absolute atomic E-state index is 0.0125. The fraction of sp³-hybridized carbons (Fsp3) is 0.833. The Morgan fingerprint density at radius 1 is 1.24 bits per heavy atom. The molecule has 17 heavy (non-hydrogen) atoms. The molecular weight excluding hydrogens is 236 g/mol. The number of nitrogens with zero attached hydrogens (tertiary/aromatic N) is 1. The molecule has 1 aliphatic carbocycles. The summed E-state index contributed by atoms with van der Waals surface area (Å²) in [5.41, 5.74) is -0.564. The molecule has 1 spiro atoms. The van der Waals surface area contributed by atoms with Gasteiger partial charge in [-0.2, -0.15) is 11.8 Å². The van der Waals surface area contributed by atoms with Crippen molar-refractivity contribution in [1.82, 2.24) is 10.2 Å². The standard InChI is InChI=1S/C12H20N2O2S/c1-17-9-8-14-10(15)12(13-11(14)16)6-4-2-3-5-7-12/h2-9H2,1H3,(H,13,16). The molecule has 0 aromatic rings. The quantitative estimate of drug-likeness (QED) is 0.786. The Morgan fingerprint density at radius 3 is 2.47 bits per heavy atom. The molecule has 0 aromatic carbocycles. The Kier molecular flexibility index (Phi) is 3.97. The van der Waals surface area contributed by atoms with E-state index in [0.29, 0.717) is 6.54 Å². The van der Waals surface area contributed by atoms with Gasteiger partial charge >= 0.3 is 6.03 Å². The van der Waals surface area contributed by atoms with Crippen molar-refractivity contribution in [1.29, 1.82) is 0 Å². The van der Waals surface area contributed by atoms with E-state index < -0.39 is 5.54 Å². The maximum atomic E-state index is 12.4. The predicted molar refractivity (Wildman–Crippen MR) is 69.1 cm³/mol. The Bertz CT molecular complexity index is 312. The molecule has 3 amide bonds. The van der Waals surface area contributed by atoms with E-state index in [0.717, 1.165) is 31.4 Å². The monoisotopic (exact) mass is 256 g/mol. The Labute approximate surface area is 106 Å². The fourth-order valence-electron chi connectivity index (χ4n) is 2.73. The van der Waals surface area contributed by atoms with Gasteiger partial charge in [-0.15, -0.1) is 0 Å². The third-order valence-electron chi connectivity index (χ3n) is 3.72. The van der Waals surface area contributed by atoms with Crippen LogP contribution in [0.2, 0.25) is 0 Å². The molecule has 2 rings (SSSR count). The topological polar surface area (TPSA) is 49.4 Å². The summed E-state index contributed by atoms with van der Waals surface area (Å²) in [5.74, 6) is 0.827. The lowest BCUT2D eigenvalue weighted by atomic mass is 9.90. The van der Waals surface area contributed by atoms with E-state index in [1.807, 2.05) is 6.26 Å². The van der Waals surface area contributed by atoms with Gasteiger partial charge in [-0.3, -0.25) is 9.69 Å². The van der Waals surface area contributed by atoms with Crippen LogP contribution in [-0.2, 0) is 4.79 Å². The lowest BCUT2D eigenvalue weighted by molar-refractivity contribution is -0.131. The zero-order valence-corrected chi connectivity index (χ0v) is 11.1. The highest BCUT2D eigenvalue weighted by Gasteiger charge is 2.50. The lowest BCUT2D eigenvalue weighted by Gasteiger charge is -2.24. The molecule has 4 nitrogen and oxygen atoms in total. The van der Waals surface area contributed by atoms with Crippen LogP contribution in [0.4, 0.5) is 4.79 Å². The molecule has 0 unspecified atom stereocenters. The number of imide groups is 1. The van der Waals surface area contributed by atoms with Crippen molar-refractivity contribution in [3.05, 3.63) is 0 Å². The van der Waals surface area contributed by atoms with Crippen molar-refractivity contribution in [2.45, 2.75) is 44.1 Å². The number of rotatable bonds is 3. The summed E-state index contributed by atoms with van der Waals surface area (Å²) in [6.45, 7) is 0.535. The summed E-state index contributed by atoms with van der Waals surface area (Å²) in [6, 6.07) is -0.189. The summed E-state index contributed by atoms with van der Waals surface area (Å²) < 4.78 is 0. The van der Waals surface area contributed by atoms with Gasteiger partial charge in [-0.25, -0.2) is 4.79 Å². The van der Waals surface area contributed by atoms with Gasteiger partial charge in [0.05, 0.1) is 0 Å². The summed E-state index contributed by atoms with van der Waals surface area (Å²) >= 11 is 1.66. The van der Waals surface area contributed by atoms with Gasteiger partial charge in [0.25, 0.3) is 5.91 Å². The van der Waals surface area contributed by atoms with Crippen molar-refractivity contribution in [3.8, 4) is 0 Å². The van der Waals surface area contributed by atoms with Crippen molar-refractivity contribution in [3.63, 3.8) is 0 Å². The van der Waals surface area contributed by atoms with Gasteiger partial charge in [-0.1, -0.05) is 25.7 Å². The van der Waals surface area contributed by atoms with Crippen LogP contribution in [-0.4, -0.2) is 40.9 Å². The molecule has 1 saturated carbocycles. The van der Waals surface area contributed by atoms with Crippen molar-refractivity contribution in [2.24, 2.45) is 0 Å². The van der Waals surface area contributed by atoms with Gasteiger partial charge < -0.3 is 5.32 Å². The molecule has 1 aliphatic heterocycles. The van der Waals surface area contributed by atoms with Crippen LogP contribution in [0.15, 0.2) is 0 Å². The van der Waals surface area contributed by atoms with Crippen molar-refractivity contribution in [2.75, 3.05) is 18.6 Å². The lowest BCUT2D eigenvalue weighted by Crippen LogP contribution is -2.46. The van der Waals surface area contributed by atoms with Crippen LogP contribution in [0, 0.1) is 0 Å². The van der Waals surface area contributed by atoms with Gasteiger partial charge in [0.15, 0.2) is 0 Å². The highest BCUT2D eigenvalue weighted by atomic mass is 32.2. The van der Waals surface area contributed by atoms with E-state index in [1.165, 1.54) is 17.7 Å². The first-order valence-electron chi connectivity index (χ1n) is 6.33. The summed E-state index contributed by atoms with van der Waals surface area (Å²) in [5, 5.41) is 2.95. The van der Waals surface area contributed by atoms with Gasteiger partial charge in [-0.05, 0) is 19.1 Å². The Morgan fingerprint density at radius 2 is 1.88 bits per heavy atom. The fourth-order valence-corrected chi connectivity index (χ4v) is 3.10. The zero-order chi connectivity index (χ0) is 12.3. The first-order valence-corrected chi connectivity index (χ1v) is 7.72. The maximum Gasteiger partial charge on any atom is 0.325 e. The van der Waals surface area contributed by atoms with E-state index in [9.17, 15) is 9.59 Å². The third kappa shape index (κ3) is 2.44. The van der Waals surface area contributed by atoms with E-state index in [2.05, 4.69) is 5.32 Å². The molecule has 2 aliphatic rings. The number of amides is 3.